The Morgan fingerprint density at radius 3 is 1.23 bits per heavy atom. The fourth-order valence-corrected chi connectivity index (χ4v) is 3.87. The Morgan fingerprint density at radius 1 is 0.645 bits per heavy atom. The van der Waals surface area contributed by atoms with Crippen molar-refractivity contribution >= 4 is 0 Å². The lowest BCUT2D eigenvalue weighted by Crippen LogP contribution is -2.65. The molecule has 2 fully saturated rings. The van der Waals surface area contributed by atoms with Gasteiger partial charge in [-0.05, 0) is 11.1 Å². The van der Waals surface area contributed by atoms with Gasteiger partial charge >= 0.3 is 12.4 Å². The zero-order chi connectivity index (χ0) is 22.3. The predicted molar refractivity (Wildman–Crippen MR) is 98.4 cm³/mol. The molecule has 4 rings (SSSR count). The van der Waals surface area contributed by atoms with Crippen LogP contribution < -0.4 is 0 Å². The quantitative estimate of drug-likeness (QED) is 0.428. The van der Waals surface area contributed by atoms with Crippen LogP contribution in [0.5, 0.6) is 0 Å². The molecule has 0 N–H and O–H groups in total. The van der Waals surface area contributed by atoms with E-state index < -0.39 is 48.6 Å². The topological polar surface area (TPSA) is 34.3 Å². The first-order valence-corrected chi connectivity index (χ1v) is 9.72. The van der Waals surface area contributed by atoms with E-state index in [1.165, 1.54) is 48.5 Å². The predicted octanol–water partition coefficient (Wildman–Crippen LogP) is 4.89. The molecule has 0 amide bonds. The summed E-state index contributed by atoms with van der Waals surface area (Å²) in [5, 5.41) is 0. The van der Waals surface area contributed by atoms with Gasteiger partial charge < -0.3 is 14.2 Å². The monoisotopic (exact) mass is 446 g/mol. The Hall–Kier alpha value is -2.10. The normalized spacial score (nSPS) is 24.8. The van der Waals surface area contributed by atoms with E-state index >= 15 is 0 Å². The van der Waals surface area contributed by atoms with Crippen LogP contribution in [0.2, 0.25) is 0 Å². The molecule has 4 unspecified atom stereocenters. The van der Waals surface area contributed by atoms with Gasteiger partial charge in [0.1, 0.15) is 12.2 Å². The molecule has 4 atom stereocenters. The maximum atomic E-state index is 14.5. The molecular weight excluding hydrogens is 426 g/mol. The fraction of sp³-hybridized carbons (Fsp3) is 0.455. The molecule has 2 aliphatic rings. The van der Waals surface area contributed by atoms with Crippen molar-refractivity contribution in [1.29, 1.82) is 0 Å². The molecule has 0 aromatic heterocycles. The summed E-state index contributed by atoms with van der Waals surface area (Å²) < 4.78 is 102. The lowest BCUT2D eigenvalue weighted by molar-refractivity contribution is -0.372. The highest BCUT2D eigenvalue weighted by atomic mass is 19.4. The molecule has 0 saturated carbocycles. The first-order chi connectivity index (χ1) is 14.6. The Morgan fingerprint density at radius 2 is 0.968 bits per heavy atom. The van der Waals surface area contributed by atoms with Crippen LogP contribution in [0.25, 0.3) is 0 Å². The van der Waals surface area contributed by atoms with Crippen LogP contribution in [0.3, 0.4) is 0 Å². The Balaban J connectivity index is 1.81. The van der Waals surface area contributed by atoms with E-state index in [1.54, 1.807) is 12.1 Å². The van der Waals surface area contributed by atoms with Gasteiger partial charge in [0, 0.05) is 12.8 Å². The van der Waals surface area contributed by atoms with Crippen LogP contribution in [0, 0.1) is 0 Å². The smallest absolute Gasteiger partial charge is 0.370 e. The van der Waals surface area contributed by atoms with Crippen molar-refractivity contribution in [3.8, 4) is 0 Å². The summed E-state index contributed by atoms with van der Waals surface area (Å²) in [6.45, 7) is -0.672. The Bertz CT molecular complexity index is 804. The van der Waals surface area contributed by atoms with Gasteiger partial charge in [0.2, 0.25) is 0 Å². The molecule has 31 heavy (non-hydrogen) atoms. The van der Waals surface area contributed by atoms with Crippen LogP contribution in [-0.2, 0) is 27.1 Å². The number of halogens is 6. The van der Waals surface area contributed by atoms with Gasteiger partial charge in [0.05, 0.1) is 13.2 Å². The summed E-state index contributed by atoms with van der Waals surface area (Å²) in [4.78, 5) is 0. The van der Waals surface area contributed by atoms with Gasteiger partial charge in [0.25, 0.3) is 0 Å². The van der Waals surface area contributed by atoms with Crippen LogP contribution in [0.4, 0.5) is 26.3 Å². The average Bonchev–Trinajstić information content (AvgIpc) is 3.59. The van der Waals surface area contributed by atoms with Gasteiger partial charge in [0.15, 0.2) is 11.2 Å². The molecule has 2 saturated heterocycles. The van der Waals surface area contributed by atoms with Crippen LogP contribution >= 0.6 is 0 Å². The average molecular weight is 446 g/mol. The standard InChI is InChI=1S/C22H20F6O3/c23-21(24,25)19(17-13-29-17,11-15-7-3-1-4-8-15)31-20(18-14-30-18,22(26,27)28)12-16-9-5-2-6-10-16/h1-10,17-18H,11-14H2. The summed E-state index contributed by atoms with van der Waals surface area (Å²) in [6.07, 6.45) is -14.9. The highest BCUT2D eigenvalue weighted by molar-refractivity contribution is 5.24. The van der Waals surface area contributed by atoms with Crippen molar-refractivity contribution in [2.45, 2.75) is 48.6 Å². The zero-order valence-corrected chi connectivity index (χ0v) is 16.2. The van der Waals surface area contributed by atoms with Crippen molar-refractivity contribution < 1.29 is 40.6 Å². The van der Waals surface area contributed by atoms with Gasteiger partial charge in [-0.25, -0.2) is 0 Å². The second kappa shape index (κ2) is 7.79. The minimum absolute atomic E-state index is 0.197. The van der Waals surface area contributed by atoms with Crippen LogP contribution in [0.15, 0.2) is 60.7 Å². The highest BCUT2D eigenvalue weighted by Crippen LogP contribution is 2.53. The number of rotatable bonds is 8. The van der Waals surface area contributed by atoms with E-state index in [0.29, 0.717) is 0 Å². The minimum atomic E-state index is -5.12. The largest absolute Gasteiger partial charge is 0.420 e. The van der Waals surface area contributed by atoms with Crippen LogP contribution in [-0.4, -0.2) is 49.0 Å². The van der Waals surface area contributed by atoms with E-state index in [9.17, 15) is 26.3 Å². The van der Waals surface area contributed by atoms with Crippen molar-refractivity contribution in [1.82, 2.24) is 0 Å². The number of hydrogen-bond acceptors (Lipinski definition) is 3. The second-order valence-corrected chi connectivity index (χ2v) is 7.85. The first-order valence-electron chi connectivity index (χ1n) is 9.72. The maximum absolute atomic E-state index is 14.5. The summed E-state index contributed by atoms with van der Waals surface area (Å²) in [5.41, 5.74) is -5.96. The molecule has 3 nitrogen and oxygen atoms in total. The zero-order valence-electron chi connectivity index (χ0n) is 16.2. The van der Waals surface area contributed by atoms with E-state index in [0.717, 1.165) is 0 Å². The Labute approximate surface area is 174 Å². The summed E-state index contributed by atoms with van der Waals surface area (Å²) >= 11 is 0. The van der Waals surface area contributed by atoms with E-state index in [4.69, 9.17) is 14.2 Å². The molecule has 2 heterocycles. The summed E-state index contributed by atoms with van der Waals surface area (Å²) in [7, 11) is 0. The van der Waals surface area contributed by atoms with E-state index in [1.807, 2.05) is 0 Å². The summed E-state index contributed by atoms with van der Waals surface area (Å²) in [5.74, 6) is 0. The third-order valence-electron chi connectivity index (χ3n) is 5.65. The molecule has 0 bridgehead atoms. The first kappa shape index (κ1) is 22.1. The third kappa shape index (κ3) is 4.31. The van der Waals surface area contributed by atoms with Crippen molar-refractivity contribution in [2.75, 3.05) is 13.2 Å². The number of epoxide rings is 2. The van der Waals surface area contributed by atoms with Gasteiger partial charge in [-0.2, -0.15) is 26.3 Å². The van der Waals surface area contributed by atoms with Gasteiger partial charge in [-0.3, -0.25) is 0 Å². The number of benzene rings is 2. The molecule has 0 spiro atoms. The Kier molecular flexibility index (Phi) is 5.56. The molecule has 0 radical (unpaired) electrons. The maximum Gasteiger partial charge on any atom is 0.420 e. The van der Waals surface area contributed by atoms with Crippen molar-refractivity contribution in [2.24, 2.45) is 0 Å². The molecule has 9 heteroatoms. The van der Waals surface area contributed by atoms with E-state index in [-0.39, 0.29) is 24.3 Å². The van der Waals surface area contributed by atoms with Gasteiger partial charge in [-0.15, -0.1) is 0 Å². The third-order valence-corrected chi connectivity index (χ3v) is 5.65. The van der Waals surface area contributed by atoms with Crippen LogP contribution in [0.1, 0.15) is 11.1 Å². The molecule has 2 aromatic rings. The number of ether oxygens (including phenoxy) is 3. The molecule has 0 aliphatic carbocycles. The summed E-state index contributed by atoms with van der Waals surface area (Å²) in [6, 6.07) is 15.0. The van der Waals surface area contributed by atoms with Crippen molar-refractivity contribution in [3.63, 3.8) is 0 Å². The van der Waals surface area contributed by atoms with Crippen molar-refractivity contribution in [3.05, 3.63) is 71.8 Å². The van der Waals surface area contributed by atoms with E-state index in [2.05, 4.69) is 0 Å². The molecule has 2 aromatic carbocycles. The molecule has 168 valence electrons. The SMILES string of the molecule is FC(F)(F)C(Cc1ccccc1)(OC(Cc1ccccc1)(C1CO1)C(F)(F)F)C1CO1. The lowest BCUT2D eigenvalue weighted by atomic mass is 9.85. The highest BCUT2D eigenvalue weighted by Gasteiger charge is 2.74. The fourth-order valence-electron chi connectivity index (χ4n) is 3.87. The lowest BCUT2D eigenvalue weighted by Gasteiger charge is -2.44. The van der Waals surface area contributed by atoms with Gasteiger partial charge in [-0.1, -0.05) is 60.7 Å². The molecule has 2 aliphatic heterocycles. The minimum Gasteiger partial charge on any atom is -0.370 e. The molecular formula is C22H20F6O3. The second-order valence-electron chi connectivity index (χ2n) is 7.85. The number of alkyl halides is 6. The number of hydrogen-bond donors (Lipinski definition) is 0.